The molecule has 0 fully saturated rings. The Morgan fingerprint density at radius 3 is 3.10 bits per heavy atom. The maximum absolute atomic E-state index is 13.2. The standard InChI is InChI=1S/C15H14FN3OS/c1-2-11(17)13-7-21-15(19-13)14(20)10-6-18-12-5-8(16)3-4-9(10)12/h3-7,11,18H,2,17H2,1H3/t11-/m1/s1. The van der Waals surface area contributed by atoms with Crippen LogP contribution in [0.5, 0.6) is 0 Å². The molecular formula is C15H14FN3OS. The van der Waals surface area contributed by atoms with E-state index in [1.54, 1.807) is 12.3 Å². The van der Waals surface area contributed by atoms with E-state index in [0.29, 0.717) is 21.5 Å². The third kappa shape index (κ3) is 2.48. The van der Waals surface area contributed by atoms with Gasteiger partial charge in [0.2, 0.25) is 5.78 Å². The highest BCUT2D eigenvalue weighted by Gasteiger charge is 2.19. The molecule has 6 heteroatoms. The van der Waals surface area contributed by atoms with Crippen molar-refractivity contribution in [1.29, 1.82) is 0 Å². The van der Waals surface area contributed by atoms with Gasteiger partial charge in [-0.05, 0) is 24.6 Å². The van der Waals surface area contributed by atoms with Crippen LogP contribution >= 0.6 is 11.3 Å². The fourth-order valence-electron chi connectivity index (χ4n) is 2.17. The van der Waals surface area contributed by atoms with Gasteiger partial charge in [0.05, 0.1) is 11.3 Å². The summed E-state index contributed by atoms with van der Waals surface area (Å²) in [5.41, 5.74) is 7.75. The number of carbonyl (C=O) groups excluding carboxylic acids is 1. The molecule has 4 nitrogen and oxygen atoms in total. The zero-order valence-corrected chi connectivity index (χ0v) is 12.2. The third-order valence-corrected chi connectivity index (χ3v) is 4.28. The number of thiazole rings is 1. The van der Waals surface area contributed by atoms with Crippen LogP contribution in [-0.2, 0) is 0 Å². The minimum atomic E-state index is -0.339. The highest BCUT2D eigenvalue weighted by molar-refractivity contribution is 7.12. The second-order valence-electron chi connectivity index (χ2n) is 4.81. The lowest BCUT2D eigenvalue weighted by Gasteiger charge is -2.02. The van der Waals surface area contributed by atoms with E-state index < -0.39 is 0 Å². The first kappa shape index (κ1) is 13.9. The minimum absolute atomic E-state index is 0.153. The largest absolute Gasteiger partial charge is 0.360 e. The van der Waals surface area contributed by atoms with E-state index in [1.807, 2.05) is 12.3 Å². The quantitative estimate of drug-likeness (QED) is 0.726. The number of nitrogens with one attached hydrogen (secondary N) is 1. The van der Waals surface area contributed by atoms with Crippen LogP contribution in [0.3, 0.4) is 0 Å². The predicted octanol–water partition coefficient (Wildman–Crippen LogP) is 3.40. The topological polar surface area (TPSA) is 71.8 Å². The highest BCUT2D eigenvalue weighted by Crippen LogP contribution is 2.24. The molecule has 2 aromatic heterocycles. The lowest BCUT2D eigenvalue weighted by atomic mass is 10.1. The molecule has 3 N–H and O–H groups in total. The van der Waals surface area contributed by atoms with Crippen molar-refractivity contribution in [3.05, 3.63) is 51.9 Å². The summed E-state index contributed by atoms with van der Waals surface area (Å²) in [5.74, 6) is -0.513. The number of ketones is 1. The van der Waals surface area contributed by atoms with Crippen molar-refractivity contribution in [3.63, 3.8) is 0 Å². The van der Waals surface area contributed by atoms with Gasteiger partial charge in [0.1, 0.15) is 5.82 Å². The Morgan fingerprint density at radius 1 is 1.52 bits per heavy atom. The van der Waals surface area contributed by atoms with Crippen LogP contribution in [-0.4, -0.2) is 15.8 Å². The second kappa shape index (κ2) is 5.38. The second-order valence-corrected chi connectivity index (χ2v) is 5.67. The van der Waals surface area contributed by atoms with Crippen LogP contribution in [0.4, 0.5) is 4.39 Å². The smallest absolute Gasteiger partial charge is 0.223 e. The van der Waals surface area contributed by atoms with Crippen LogP contribution in [0.1, 0.15) is 40.4 Å². The monoisotopic (exact) mass is 303 g/mol. The summed E-state index contributed by atoms with van der Waals surface area (Å²) >= 11 is 1.28. The first-order chi connectivity index (χ1) is 10.1. The van der Waals surface area contributed by atoms with Gasteiger partial charge in [0, 0.05) is 28.5 Å². The Kier molecular flexibility index (Phi) is 3.57. The number of H-pyrrole nitrogens is 1. The van der Waals surface area contributed by atoms with E-state index in [9.17, 15) is 9.18 Å². The van der Waals surface area contributed by atoms with Crippen LogP contribution < -0.4 is 5.73 Å². The first-order valence-corrected chi connectivity index (χ1v) is 7.50. The number of rotatable bonds is 4. The molecule has 3 aromatic rings. The Balaban J connectivity index is 1.98. The third-order valence-electron chi connectivity index (χ3n) is 3.42. The van der Waals surface area contributed by atoms with Crippen LogP contribution in [0.25, 0.3) is 10.9 Å². The average molecular weight is 303 g/mol. The van der Waals surface area contributed by atoms with Gasteiger partial charge in [-0.1, -0.05) is 6.92 Å². The maximum Gasteiger partial charge on any atom is 0.223 e. The van der Waals surface area contributed by atoms with Gasteiger partial charge in [-0.25, -0.2) is 9.37 Å². The van der Waals surface area contributed by atoms with E-state index in [2.05, 4.69) is 9.97 Å². The zero-order valence-electron chi connectivity index (χ0n) is 11.4. The van der Waals surface area contributed by atoms with E-state index in [-0.39, 0.29) is 17.6 Å². The van der Waals surface area contributed by atoms with Crippen molar-refractivity contribution < 1.29 is 9.18 Å². The number of fused-ring (bicyclic) bond motifs is 1. The molecule has 0 aliphatic heterocycles. The van der Waals surface area contributed by atoms with Gasteiger partial charge in [0.25, 0.3) is 0 Å². The SMILES string of the molecule is CC[C@@H](N)c1csc(C(=O)c2c[nH]c3cc(F)ccc23)n1. The van der Waals surface area contributed by atoms with E-state index >= 15 is 0 Å². The first-order valence-electron chi connectivity index (χ1n) is 6.62. The normalized spacial score (nSPS) is 12.7. The van der Waals surface area contributed by atoms with E-state index in [0.717, 1.165) is 12.1 Å². The molecule has 1 atom stereocenters. The van der Waals surface area contributed by atoms with Crippen molar-refractivity contribution in [2.75, 3.05) is 0 Å². The molecular weight excluding hydrogens is 289 g/mol. The van der Waals surface area contributed by atoms with Crippen LogP contribution in [0.2, 0.25) is 0 Å². The number of aromatic amines is 1. The number of hydrogen-bond acceptors (Lipinski definition) is 4. The number of nitrogens with zero attached hydrogens (tertiary/aromatic N) is 1. The van der Waals surface area contributed by atoms with E-state index in [1.165, 1.54) is 23.5 Å². The van der Waals surface area contributed by atoms with Gasteiger partial charge < -0.3 is 10.7 Å². The molecule has 108 valence electrons. The molecule has 3 rings (SSSR count). The molecule has 0 bridgehead atoms. The van der Waals surface area contributed by atoms with Crippen LogP contribution in [0.15, 0.2) is 29.8 Å². The molecule has 0 unspecified atom stereocenters. The summed E-state index contributed by atoms with van der Waals surface area (Å²) in [4.78, 5) is 19.8. The summed E-state index contributed by atoms with van der Waals surface area (Å²) in [6.45, 7) is 1.97. The fraction of sp³-hybridized carbons (Fsp3) is 0.200. The number of benzene rings is 1. The summed E-state index contributed by atoms with van der Waals surface area (Å²) in [6.07, 6.45) is 2.36. The molecule has 0 spiro atoms. The molecule has 0 saturated heterocycles. The molecule has 0 aliphatic carbocycles. The van der Waals surface area contributed by atoms with Gasteiger partial charge in [0.15, 0.2) is 5.01 Å². The Morgan fingerprint density at radius 2 is 2.33 bits per heavy atom. The lowest BCUT2D eigenvalue weighted by Crippen LogP contribution is -2.09. The molecule has 0 aliphatic rings. The van der Waals surface area contributed by atoms with Crippen molar-refractivity contribution >= 4 is 28.0 Å². The summed E-state index contributed by atoms with van der Waals surface area (Å²) in [6, 6.07) is 4.15. The number of hydrogen-bond donors (Lipinski definition) is 2. The number of halogens is 1. The van der Waals surface area contributed by atoms with Crippen molar-refractivity contribution in [2.45, 2.75) is 19.4 Å². The summed E-state index contributed by atoms with van der Waals surface area (Å²) in [5, 5.41) is 2.91. The number of nitrogens with two attached hydrogens (primary N) is 1. The molecule has 0 radical (unpaired) electrons. The molecule has 21 heavy (non-hydrogen) atoms. The molecule has 2 heterocycles. The van der Waals surface area contributed by atoms with E-state index in [4.69, 9.17) is 5.73 Å². The summed E-state index contributed by atoms with van der Waals surface area (Å²) in [7, 11) is 0. The Labute approximate surface area is 124 Å². The zero-order chi connectivity index (χ0) is 15.0. The van der Waals surface area contributed by atoms with Gasteiger partial charge in [-0.3, -0.25) is 4.79 Å². The average Bonchev–Trinajstić information content (AvgIpc) is 3.12. The fourth-order valence-corrected chi connectivity index (χ4v) is 3.01. The van der Waals surface area contributed by atoms with Gasteiger partial charge >= 0.3 is 0 Å². The highest BCUT2D eigenvalue weighted by atomic mass is 32.1. The lowest BCUT2D eigenvalue weighted by molar-refractivity contribution is 0.103. The molecule has 0 amide bonds. The Bertz CT molecular complexity index is 808. The van der Waals surface area contributed by atoms with Crippen molar-refractivity contribution in [2.24, 2.45) is 5.73 Å². The summed E-state index contributed by atoms with van der Waals surface area (Å²) < 4.78 is 13.2. The van der Waals surface area contributed by atoms with Crippen molar-refractivity contribution in [1.82, 2.24) is 9.97 Å². The number of aromatic nitrogens is 2. The van der Waals surface area contributed by atoms with Gasteiger partial charge in [-0.15, -0.1) is 11.3 Å². The van der Waals surface area contributed by atoms with Crippen LogP contribution in [0, 0.1) is 5.82 Å². The number of carbonyl (C=O) groups is 1. The predicted molar refractivity (Wildman–Crippen MR) is 81.0 cm³/mol. The van der Waals surface area contributed by atoms with Gasteiger partial charge in [-0.2, -0.15) is 0 Å². The molecule has 1 aromatic carbocycles. The minimum Gasteiger partial charge on any atom is -0.360 e. The maximum atomic E-state index is 13.2. The molecule has 0 saturated carbocycles. The Hall–Kier alpha value is -2.05. The van der Waals surface area contributed by atoms with Crippen molar-refractivity contribution in [3.8, 4) is 0 Å².